The Morgan fingerprint density at radius 2 is 2.22 bits per heavy atom. The number of halogens is 1. The van der Waals surface area contributed by atoms with E-state index in [0.29, 0.717) is 11.6 Å². The Morgan fingerprint density at radius 3 is 2.89 bits per heavy atom. The van der Waals surface area contributed by atoms with E-state index in [4.69, 9.17) is 16.7 Å². The minimum Gasteiger partial charge on any atom is -0.395 e. The van der Waals surface area contributed by atoms with Crippen molar-refractivity contribution in [3.8, 4) is 0 Å². The molecule has 0 bridgehead atoms. The molecular formula is C13H16ClN3O. The maximum atomic E-state index is 9.03. The smallest absolute Gasteiger partial charge is 0.137 e. The van der Waals surface area contributed by atoms with Gasteiger partial charge in [0.2, 0.25) is 0 Å². The number of likely N-dealkylation sites (N-methyl/N-ethyl adjacent to an activating group) is 1. The zero-order chi connectivity index (χ0) is 13.1. The molecule has 2 aromatic rings. The quantitative estimate of drug-likeness (QED) is 0.891. The van der Waals surface area contributed by atoms with E-state index in [9.17, 15) is 0 Å². The van der Waals surface area contributed by atoms with Gasteiger partial charge in [0.05, 0.1) is 23.5 Å². The van der Waals surface area contributed by atoms with Gasteiger partial charge in [0.15, 0.2) is 0 Å². The average molecular weight is 266 g/mol. The zero-order valence-electron chi connectivity index (χ0n) is 10.4. The van der Waals surface area contributed by atoms with Gasteiger partial charge in [-0.2, -0.15) is 0 Å². The highest BCUT2D eigenvalue weighted by atomic mass is 35.5. The number of nitrogens with one attached hydrogen (secondary N) is 1. The van der Waals surface area contributed by atoms with Crippen LogP contribution in [0.25, 0.3) is 10.8 Å². The number of benzene rings is 1. The number of anilines is 2. The van der Waals surface area contributed by atoms with Gasteiger partial charge in [-0.05, 0) is 6.07 Å². The van der Waals surface area contributed by atoms with Crippen molar-refractivity contribution >= 4 is 33.9 Å². The maximum Gasteiger partial charge on any atom is 0.137 e. The molecule has 0 radical (unpaired) electrons. The molecule has 0 aliphatic heterocycles. The standard InChI is InChI=1S/C13H16ClN3O/c1-15-11-8-16-13(17(2)6-7-18)12-9(11)4-3-5-10(12)14/h3-5,8,15,18H,6-7H2,1-2H3. The molecule has 0 aliphatic rings. The summed E-state index contributed by atoms with van der Waals surface area (Å²) in [6.07, 6.45) is 1.78. The number of hydrogen-bond acceptors (Lipinski definition) is 4. The van der Waals surface area contributed by atoms with Crippen LogP contribution < -0.4 is 10.2 Å². The molecule has 1 aromatic carbocycles. The molecular weight excluding hydrogens is 250 g/mol. The first kappa shape index (κ1) is 12.9. The SMILES string of the molecule is CNc1cnc(N(C)CCO)c2c(Cl)cccc12. The van der Waals surface area contributed by atoms with Crippen molar-refractivity contribution < 1.29 is 5.11 Å². The van der Waals surface area contributed by atoms with Crippen molar-refractivity contribution in [1.82, 2.24) is 4.98 Å². The van der Waals surface area contributed by atoms with Crippen LogP contribution in [0, 0.1) is 0 Å². The summed E-state index contributed by atoms with van der Waals surface area (Å²) in [6, 6.07) is 5.77. The number of hydrogen-bond donors (Lipinski definition) is 2. The Labute approximate surface area is 111 Å². The van der Waals surface area contributed by atoms with Crippen LogP contribution in [-0.4, -0.2) is 37.3 Å². The Kier molecular flexibility index (Phi) is 3.89. The Hall–Kier alpha value is -1.52. The Balaban J connectivity index is 2.68. The normalized spacial score (nSPS) is 10.7. The monoisotopic (exact) mass is 265 g/mol. The van der Waals surface area contributed by atoms with Gasteiger partial charge in [0.1, 0.15) is 5.82 Å². The second kappa shape index (κ2) is 5.42. The number of fused-ring (bicyclic) bond motifs is 1. The average Bonchev–Trinajstić information content (AvgIpc) is 2.38. The summed E-state index contributed by atoms with van der Waals surface area (Å²) >= 11 is 6.28. The van der Waals surface area contributed by atoms with Gasteiger partial charge < -0.3 is 15.3 Å². The summed E-state index contributed by atoms with van der Waals surface area (Å²) in [6.45, 7) is 0.601. The van der Waals surface area contributed by atoms with E-state index in [0.717, 1.165) is 22.3 Å². The predicted molar refractivity (Wildman–Crippen MR) is 76.7 cm³/mol. The third-order valence-electron chi connectivity index (χ3n) is 2.91. The third kappa shape index (κ3) is 2.21. The molecule has 1 aromatic heterocycles. The van der Waals surface area contributed by atoms with E-state index in [1.54, 1.807) is 6.20 Å². The van der Waals surface area contributed by atoms with Gasteiger partial charge >= 0.3 is 0 Å². The molecule has 0 unspecified atom stereocenters. The largest absolute Gasteiger partial charge is 0.395 e. The molecule has 2 rings (SSSR count). The van der Waals surface area contributed by atoms with E-state index >= 15 is 0 Å². The summed E-state index contributed by atoms with van der Waals surface area (Å²) in [5.74, 6) is 0.781. The molecule has 0 spiro atoms. The van der Waals surface area contributed by atoms with Crippen molar-refractivity contribution in [2.45, 2.75) is 0 Å². The summed E-state index contributed by atoms with van der Waals surface area (Å²) in [5, 5.41) is 14.7. The first-order valence-electron chi connectivity index (χ1n) is 5.76. The summed E-state index contributed by atoms with van der Waals surface area (Å²) in [5.41, 5.74) is 0.939. The van der Waals surface area contributed by atoms with E-state index in [-0.39, 0.29) is 6.61 Å². The van der Waals surface area contributed by atoms with Gasteiger partial charge in [0.25, 0.3) is 0 Å². The lowest BCUT2D eigenvalue weighted by Gasteiger charge is -2.20. The second-order valence-electron chi connectivity index (χ2n) is 4.05. The van der Waals surface area contributed by atoms with Gasteiger partial charge in [0, 0.05) is 31.4 Å². The highest BCUT2D eigenvalue weighted by molar-refractivity contribution is 6.37. The number of aliphatic hydroxyl groups excluding tert-OH is 1. The van der Waals surface area contributed by atoms with Crippen molar-refractivity contribution in [1.29, 1.82) is 0 Å². The lowest BCUT2D eigenvalue weighted by molar-refractivity contribution is 0.304. The number of aliphatic hydroxyl groups is 1. The zero-order valence-corrected chi connectivity index (χ0v) is 11.2. The van der Waals surface area contributed by atoms with Gasteiger partial charge in [-0.25, -0.2) is 4.98 Å². The number of rotatable bonds is 4. The van der Waals surface area contributed by atoms with Gasteiger partial charge in [-0.1, -0.05) is 23.7 Å². The van der Waals surface area contributed by atoms with Crippen LogP contribution in [0.5, 0.6) is 0 Å². The first-order chi connectivity index (χ1) is 8.69. The van der Waals surface area contributed by atoms with Gasteiger partial charge in [-0.3, -0.25) is 0 Å². The van der Waals surface area contributed by atoms with Crippen LogP contribution in [0.4, 0.5) is 11.5 Å². The number of aromatic nitrogens is 1. The fraction of sp³-hybridized carbons (Fsp3) is 0.308. The second-order valence-corrected chi connectivity index (χ2v) is 4.46. The van der Waals surface area contributed by atoms with Crippen LogP contribution in [0.15, 0.2) is 24.4 Å². The molecule has 0 saturated heterocycles. The van der Waals surface area contributed by atoms with Crippen LogP contribution in [-0.2, 0) is 0 Å². The number of pyridine rings is 1. The van der Waals surface area contributed by atoms with Crippen LogP contribution in [0.1, 0.15) is 0 Å². The molecule has 18 heavy (non-hydrogen) atoms. The fourth-order valence-electron chi connectivity index (χ4n) is 1.98. The van der Waals surface area contributed by atoms with E-state index in [1.807, 2.05) is 37.2 Å². The molecule has 0 amide bonds. The molecule has 0 saturated carbocycles. The third-order valence-corrected chi connectivity index (χ3v) is 3.22. The topological polar surface area (TPSA) is 48.4 Å². The van der Waals surface area contributed by atoms with E-state index < -0.39 is 0 Å². The molecule has 5 heteroatoms. The molecule has 0 aliphatic carbocycles. The lowest BCUT2D eigenvalue weighted by Crippen LogP contribution is -2.22. The van der Waals surface area contributed by atoms with Crippen molar-refractivity contribution in [3.05, 3.63) is 29.4 Å². The highest BCUT2D eigenvalue weighted by Gasteiger charge is 2.12. The first-order valence-corrected chi connectivity index (χ1v) is 6.13. The van der Waals surface area contributed by atoms with Crippen molar-refractivity contribution in [2.24, 2.45) is 0 Å². The summed E-state index contributed by atoms with van der Waals surface area (Å²) in [4.78, 5) is 6.32. The Bertz CT molecular complexity index is 559. The van der Waals surface area contributed by atoms with Crippen molar-refractivity contribution in [2.75, 3.05) is 37.5 Å². The molecule has 0 atom stereocenters. The number of nitrogens with zero attached hydrogens (tertiary/aromatic N) is 2. The molecule has 1 heterocycles. The Morgan fingerprint density at radius 1 is 1.44 bits per heavy atom. The molecule has 96 valence electrons. The molecule has 2 N–H and O–H groups in total. The lowest BCUT2D eigenvalue weighted by atomic mass is 10.1. The van der Waals surface area contributed by atoms with Crippen molar-refractivity contribution in [3.63, 3.8) is 0 Å². The van der Waals surface area contributed by atoms with Crippen LogP contribution in [0.3, 0.4) is 0 Å². The van der Waals surface area contributed by atoms with Crippen LogP contribution in [0.2, 0.25) is 5.02 Å². The minimum atomic E-state index is 0.0813. The maximum absolute atomic E-state index is 9.03. The van der Waals surface area contributed by atoms with Crippen LogP contribution >= 0.6 is 11.6 Å². The van der Waals surface area contributed by atoms with E-state index in [2.05, 4.69) is 10.3 Å². The summed E-state index contributed by atoms with van der Waals surface area (Å²) < 4.78 is 0. The van der Waals surface area contributed by atoms with E-state index in [1.165, 1.54) is 0 Å². The highest BCUT2D eigenvalue weighted by Crippen LogP contribution is 2.34. The summed E-state index contributed by atoms with van der Waals surface area (Å²) in [7, 11) is 3.74. The minimum absolute atomic E-state index is 0.0813. The predicted octanol–water partition coefficient (Wildman–Crippen LogP) is 2.36. The fourth-order valence-corrected chi connectivity index (χ4v) is 2.24. The molecule has 4 nitrogen and oxygen atoms in total. The van der Waals surface area contributed by atoms with Gasteiger partial charge in [-0.15, -0.1) is 0 Å². The molecule has 0 fully saturated rings.